The van der Waals surface area contributed by atoms with Crippen molar-refractivity contribution in [2.45, 2.75) is 5.75 Å². The summed E-state index contributed by atoms with van der Waals surface area (Å²) >= 11 is 1.64. The van der Waals surface area contributed by atoms with Crippen LogP contribution in [-0.2, 0) is 5.75 Å². The van der Waals surface area contributed by atoms with Gasteiger partial charge in [-0.25, -0.2) is 0 Å². The Bertz CT molecular complexity index is 274. The van der Waals surface area contributed by atoms with Gasteiger partial charge in [-0.2, -0.15) is 5.26 Å². The fraction of sp³-hybridized carbons (Fsp3) is 0.222. The van der Waals surface area contributed by atoms with Crippen molar-refractivity contribution < 1.29 is 0 Å². The Morgan fingerprint density at radius 3 is 2.58 bits per heavy atom. The topological polar surface area (TPSA) is 35.8 Å². The molecule has 0 unspecified atom stereocenters. The lowest BCUT2D eigenvalue weighted by Gasteiger charge is -1.98. The highest BCUT2D eigenvalue weighted by Gasteiger charge is 1.92. The number of nitrogens with zero attached hydrogens (tertiary/aromatic N) is 1. The second kappa shape index (κ2) is 4.81. The molecular formula is C9H10N2S. The normalized spacial score (nSPS) is 9.33. The van der Waals surface area contributed by atoms with E-state index in [1.54, 1.807) is 11.9 Å². The van der Waals surface area contributed by atoms with Crippen LogP contribution in [-0.4, -0.2) is 7.05 Å². The quantitative estimate of drug-likeness (QED) is 0.718. The molecule has 0 bridgehead atoms. The molecule has 0 saturated carbocycles. The number of nitrogens with one attached hydrogen (secondary N) is 1. The first-order chi connectivity index (χ1) is 5.86. The van der Waals surface area contributed by atoms with Crippen LogP contribution in [0.3, 0.4) is 0 Å². The van der Waals surface area contributed by atoms with E-state index in [2.05, 4.69) is 10.8 Å². The van der Waals surface area contributed by atoms with Crippen molar-refractivity contribution in [2.75, 3.05) is 7.05 Å². The van der Waals surface area contributed by atoms with Crippen LogP contribution in [0.25, 0.3) is 0 Å². The summed E-state index contributed by atoms with van der Waals surface area (Å²) in [6, 6.07) is 9.72. The zero-order valence-corrected chi connectivity index (χ0v) is 7.69. The molecule has 62 valence electrons. The molecule has 12 heavy (non-hydrogen) atoms. The Kier molecular flexibility index (Phi) is 3.65. The summed E-state index contributed by atoms with van der Waals surface area (Å²) < 4.78 is 3.00. The molecule has 0 saturated heterocycles. The summed E-state index contributed by atoms with van der Waals surface area (Å²) in [5.74, 6) is 0.933. The lowest BCUT2D eigenvalue weighted by molar-refractivity contribution is 1.27. The molecule has 1 rings (SSSR count). The lowest BCUT2D eigenvalue weighted by atomic mass is 10.2. The van der Waals surface area contributed by atoms with E-state index in [1.165, 1.54) is 5.56 Å². The van der Waals surface area contributed by atoms with Gasteiger partial charge >= 0.3 is 0 Å². The summed E-state index contributed by atoms with van der Waals surface area (Å²) in [5, 5.41) is 8.54. The monoisotopic (exact) mass is 178 g/mol. The molecular weight excluding hydrogens is 168 g/mol. The molecule has 0 atom stereocenters. The number of hydrogen-bond acceptors (Lipinski definition) is 3. The number of benzene rings is 1. The van der Waals surface area contributed by atoms with E-state index in [0.29, 0.717) is 5.56 Å². The Morgan fingerprint density at radius 2 is 2.08 bits per heavy atom. The van der Waals surface area contributed by atoms with E-state index < -0.39 is 0 Å². The number of nitriles is 1. The molecule has 2 nitrogen and oxygen atoms in total. The maximum atomic E-state index is 8.54. The number of rotatable bonds is 3. The van der Waals surface area contributed by atoms with Crippen LogP contribution in [0.4, 0.5) is 0 Å². The van der Waals surface area contributed by atoms with Gasteiger partial charge in [0.05, 0.1) is 11.6 Å². The molecule has 1 N–H and O–H groups in total. The van der Waals surface area contributed by atoms with Crippen molar-refractivity contribution in [1.29, 1.82) is 5.26 Å². The van der Waals surface area contributed by atoms with Gasteiger partial charge in [-0.05, 0) is 24.7 Å². The highest BCUT2D eigenvalue weighted by Crippen LogP contribution is 2.09. The van der Waals surface area contributed by atoms with Crippen LogP contribution in [0, 0.1) is 11.3 Å². The smallest absolute Gasteiger partial charge is 0.0991 e. The van der Waals surface area contributed by atoms with Crippen LogP contribution in [0.15, 0.2) is 24.3 Å². The third kappa shape index (κ3) is 2.57. The first-order valence-corrected chi connectivity index (χ1v) is 4.63. The van der Waals surface area contributed by atoms with Gasteiger partial charge in [0.1, 0.15) is 0 Å². The third-order valence-corrected chi connectivity index (χ3v) is 2.23. The second-order valence-corrected chi connectivity index (χ2v) is 3.29. The van der Waals surface area contributed by atoms with Crippen LogP contribution < -0.4 is 4.72 Å². The van der Waals surface area contributed by atoms with E-state index in [-0.39, 0.29) is 0 Å². The van der Waals surface area contributed by atoms with Gasteiger partial charge < -0.3 is 0 Å². The zero-order chi connectivity index (χ0) is 8.81. The molecule has 0 heterocycles. The van der Waals surface area contributed by atoms with E-state index in [1.807, 2.05) is 31.3 Å². The van der Waals surface area contributed by atoms with Crippen molar-refractivity contribution in [3.8, 4) is 6.07 Å². The molecule has 0 radical (unpaired) electrons. The highest BCUT2D eigenvalue weighted by atomic mass is 32.2. The summed E-state index contributed by atoms with van der Waals surface area (Å²) in [5.41, 5.74) is 1.95. The summed E-state index contributed by atoms with van der Waals surface area (Å²) in [7, 11) is 1.90. The second-order valence-electron chi connectivity index (χ2n) is 2.30. The maximum absolute atomic E-state index is 8.54. The fourth-order valence-corrected chi connectivity index (χ4v) is 1.33. The van der Waals surface area contributed by atoms with Crippen molar-refractivity contribution in [2.24, 2.45) is 0 Å². The van der Waals surface area contributed by atoms with Crippen molar-refractivity contribution in [1.82, 2.24) is 4.72 Å². The summed E-state index contributed by atoms with van der Waals surface area (Å²) in [6.07, 6.45) is 0. The van der Waals surface area contributed by atoms with Gasteiger partial charge in [-0.3, -0.25) is 4.72 Å². The minimum Gasteiger partial charge on any atom is -0.267 e. The first-order valence-electron chi connectivity index (χ1n) is 3.64. The van der Waals surface area contributed by atoms with E-state index in [9.17, 15) is 0 Å². The first kappa shape index (κ1) is 9.11. The average Bonchev–Trinajstić information content (AvgIpc) is 2.15. The predicted molar refractivity (Wildman–Crippen MR) is 51.5 cm³/mol. The molecule has 0 aliphatic heterocycles. The molecule has 1 aromatic rings. The van der Waals surface area contributed by atoms with E-state index in [0.717, 1.165) is 5.75 Å². The van der Waals surface area contributed by atoms with Gasteiger partial charge in [0.2, 0.25) is 0 Å². The van der Waals surface area contributed by atoms with Gasteiger partial charge in [-0.1, -0.05) is 24.1 Å². The summed E-state index contributed by atoms with van der Waals surface area (Å²) in [4.78, 5) is 0. The van der Waals surface area contributed by atoms with Crippen molar-refractivity contribution in [3.63, 3.8) is 0 Å². The Labute approximate surface area is 76.7 Å². The Morgan fingerprint density at radius 1 is 1.42 bits per heavy atom. The Hall–Kier alpha value is -0.980. The lowest BCUT2D eigenvalue weighted by Crippen LogP contribution is -1.92. The van der Waals surface area contributed by atoms with E-state index in [4.69, 9.17) is 5.26 Å². The van der Waals surface area contributed by atoms with Crippen LogP contribution in [0.2, 0.25) is 0 Å². The SMILES string of the molecule is CNSCc1ccc(C#N)cc1. The zero-order valence-electron chi connectivity index (χ0n) is 6.87. The molecule has 1 aromatic carbocycles. The molecule has 0 spiro atoms. The fourth-order valence-electron chi connectivity index (χ4n) is 0.831. The van der Waals surface area contributed by atoms with E-state index >= 15 is 0 Å². The van der Waals surface area contributed by atoms with Gasteiger partial charge in [0.15, 0.2) is 0 Å². The molecule has 0 aliphatic carbocycles. The number of hydrogen-bond donors (Lipinski definition) is 1. The molecule has 3 heteroatoms. The molecule has 0 amide bonds. The highest BCUT2D eigenvalue weighted by molar-refractivity contribution is 7.96. The van der Waals surface area contributed by atoms with Crippen molar-refractivity contribution >= 4 is 11.9 Å². The van der Waals surface area contributed by atoms with Gasteiger partial charge in [0.25, 0.3) is 0 Å². The largest absolute Gasteiger partial charge is 0.267 e. The minimum absolute atomic E-state index is 0.716. The molecule has 0 fully saturated rings. The van der Waals surface area contributed by atoms with Crippen molar-refractivity contribution in [3.05, 3.63) is 35.4 Å². The minimum atomic E-state index is 0.716. The van der Waals surface area contributed by atoms with Crippen LogP contribution in [0.5, 0.6) is 0 Å². The molecule has 0 aliphatic rings. The van der Waals surface area contributed by atoms with Crippen LogP contribution >= 0.6 is 11.9 Å². The predicted octanol–water partition coefficient (Wildman–Crippen LogP) is 1.93. The third-order valence-electron chi connectivity index (χ3n) is 1.47. The molecule has 0 aromatic heterocycles. The summed E-state index contributed by atoms with van der Waals surface area (Å²) in [6.45, 7) is 0. The van der Waals surface area contributed by atoms with Gasteiger partial charge in [-0.15, -0.1) is 0 Å². The van der Waals surface area contributed by atoms with Crippen LogP contribution in [0.1, 0.15) is 11.1 Å². The average molecular weight is 178 g/mol. The Balaban J connectivity index is 2.60. The standard InChI is InChI=1S/C9H10N2S/c1-11-12-7-9-4-2-8(6-10)3-5-9/h2-5,11H,7H2,1H3. The maximum Gasteiger partial charge on any atom is 0.0991 e. The van der Waals surface area contributed by atoms with Gasteiger partial charge in [0, 0.05) is 5.75 Å².